The molecule has 1 aliphatic carbocycles. The summed E-state index contributed by atoms with van der Waals surface area (Å²) < 4.78 is 0. The van der Waals surface area contributed by atoms with E-state index in [1.54, 1.807) is 0 Å². The van der Waals surface area contributed by atoms with Gasteiger partial charge in [0.25, 0.3) is 0 Å². The topological polar surface area (TPSA) is 202 Å². The molecule has 0 aromatic heterocycles. The second-order valence-corrected chi connectivity index (χ2v) is 4.60. The fraction of sp³-hybridized carbons (Fsp3) is 0.750. The molecule has 1 rings (SSSR count). The maximum absolute atomic E-state index is 10.3. The monoisotopic (exact) mass is 310 g/mol. The van der Waals surface area contributed by atoms with E-state index in [1.807, 2.05) is 0 Å². The molecule has 1 aliphatic rings. The molecule has 10 N–H and O–H groups in total. The number of rotatable bonds is 5. The lowest BCUT2D eigenvalue weighted by Gasteiger charge is -2.18. The van der Waals surface area contributed by atoms with Crippen LogP contribution in [0.3, 0.4) is 0 Å². The molecule has 0 radical (unpaired) electrons. The molecule has 0 heterocycles. The zero-order chi connectivity index (χ0) is 14.9. The van der Waals surface area contributed by atoms with E-state index in [2.05, 4.69) is 0 Å². The Morgan fingerprint density at radius 3 is 1.10 bits per heavy atom. The summed E-state index contributed by atoms with van der Waals surface area (Å²) >= 11 is 0. The predicted octanol–water partition coefficient (Wildman–Crippen LogP) is 1.42. The van der Waals surface area contributed by atoms with Gasteiger partial charge in [0.1, 0.15) is 0 Å². The number of hydrogen-bond donors (Lipinski definition) is 6. The average molecular weight is 310 g/mol. The molecule has 126 valence electrons. The molecule has 0 unspecified atom stereocenters. The highest BCUT2D eigenvalue weighted by molar-refractivity contribution is 5.88. The van der Waals surface area contributed by atoms with Crippen LogP contribution in [0.4, 0.5) is 0 Å². The van der Waals surface area contributed by atoms with E-state index < -0.39 is 36.4 Å². The van der Waals surface area contributed by atoms with Crippen LogP contribution < -0.4 is 12.3 Å². The summed E-state index contributed by atoms with van der Waals surface area (Å²) in [4.78, 5) is 30.5. The lowest BCUT2D eigenvalue weighted by molar-refractivity contribution is -0.170. The summed E-state index contributed by atoms with van der Waals surface area (Å²) in [5.41, 5.74) is -2.74. The quantitative estimate of drug-likeness (QED) is 0.433. The molecule has 0 atom stereocenters. The molecule has 9 heteroatoms. The van der Waals surface area contributed by atoms with Crippen LogP contribution in [0.2, 0.25) is 0 Å². The van der Waals surface area contributed by atoms with Crippen LogP contribution in [-0.4, -0.2) is 43.9 Å². The lowest BCUT2D eigenvalue weighted by Crippen LogP contribution is -2.42. The van der Waals surface area contributed by atoms with Crippen molar-refractivity contribution in [2.45, 2.75) is 57.0 Å². The zero-order valence-electron chi connectivity index (χ0n) is 12.1. The van der Waals surface area contributed by atoms with Crippen molar-refractivity contribution >= 4 is 17.9 Å². The Bertz CT molecular complexity index is 302. The highest BCUT2D eigenvalue weighted by Gasteiger charge is 2.40. The first-order valence-electron chi connectivity index (χ1n) is 6.17. The van der Waals surface area contributed by atoms with Crippen LogP contribution >= 0.6 is 0 Å². The van der Waals surface area contributed by atoms with Crippen LogP contribution in [0.25, 0.3) is 0 Å². The van der Waals surface area contributed by atoms with Crippen LogP contribution in [0, 0.1) is 0 Å². The molecule has 1 saturated carbocycles. The Morgan fingerprint density at radius 2 is 0.952 bits per heavy atom. The molecule has 0 aromatic rings. The third kappa shape index (κ3) is 11.8. The van der Waals surface area contributed by atoms with Crippen molar-refractivity contribution in [3.63, 3.8) is 0 Å². The maximum Gasteiger partial charge on any atom is 0.336 e. The third-order valence-electron chi connectivity index (χ3n) is 2.79. The average Bonchev–Trinajstić information content (AvgIpc) is 2.29. The standard InChI is InChI=1S/C6H8O7.C6H12.2H3N/c7-3(8)1-6(13,5(11)12)2-4(9)10;1-2-4-6-5-3-1;;/h13H,1-2H2,(H,7,8)(H,9,10)(H,11,12);1-6H2;2*1H3. The molecule has 0 aliphatic heterocycles. The van der Waals surface area contributed by atoms with E-state index in [0.717, 1.165) is 0 Å². The summed E-state index contributed by atoms with van der Waals surface area (Å²) in [6, 6.07) is 0. The number of hydrogen-bond acceptors (Lipinski definition) is 6. The Morgan fingerprint density at radius 1 is 0.714 bits per heavy atom. The highest BCUT2D eigenvalue weighted by atomic mass is 16.4. The van der Waals surface area contributed by atoms with Crippen molar-refractivity contribution in [1.29, 1.82) is 0 Å². The number of aliphatic carboxylic acids is 3. The van der Waals surface area contributed by atoms with Gasteiger partial charge in [-0.05, 0) is 0 Å². The summed E-state index contributed by atoms with van der Waals surface area (Å²) in [6.07, 6.45) is 6.71. The van der Waals surface area contributed by atoms with Crippen molar-refractivity contribution in [2.24, 2.45) is 0 Å². The minimum Gasteiger partial charge on any atom is -0.481 e. The molecular formula is C12H26N2O7. The molecule has 0 bridgehead atoms. The molecular weight excluding hydrogens is 284 g/mol. The van der Waals surface area contributed by atoms with E-state index >= 15 is 0 Å². The smallest absolute Gasteiger partial charge is 0.336 e. The molecule has 21 heavy (non-hydrogen) atoms. The van der Waals surface area contributed by atoms with Gasteiger partial charge >= 0.3 is 17.9 Å². The molecule has 9 nitrogen and oxygen atoms in total. The van der Waals surface area contributed by atoms with Gasteiger partial charge in [-0.3, -0.25) is 9.59 Å². The highest BCUT2D eigenvalue weighted by Crippen LogP contribution is 2.16. The summed E-state index contributed by atoms with van der Waals surface area (Å²) in [6.45, 7) is 0. The number of aliphatic hydroxyl groups is 1. The first-order chi connectivity index (χ1) is 8.78. The van der Waals surface area contributed by atoms with Gasteiger partial charge in [-0.25, -0.2) is 4.79 Å². The number of carboxylic acid groups (broad SMARTS) is 3. The van der Waals surface area contributed by atoms with Gasteiger partial charge in [-0.15, -0.1) is 0 Å². The van der Waals surface area contributed by atoms with Crippen molar-refractivity contribution in [3.8, 4) is 0 Å². The second kappa shape index (κ2) is 12.1. The van der Waals surface area contributed by atoms with Crippen LogP contribution in [-0.2, 0) is 14.4 Å². The first-order valence-corrected chi connectivity index (χ1v) is 6.17. The van der Waals surface area contributed by atoms with Crippen LogP contribution in [0.5, 0.6) is 0 Å². The molecule has 0 saturated heterocycles. The van der Waals surface area contributed by atoms with E-state index in [0.29, 0.717) is 0 Å². The summed E-state index contributed by atoms with van der Waals surface area (Å²) in [5, 5.41) is 33.8. The van der Waals surface area contributed by atoms with Crippen molar-refractivity contribution in [3.05, 3.63) is 0 Å². The fourth-order valence-corrected chi connectivity index (χ4v) is 1.77. The van der Waals surface area contributed by atoms with Crippen molar-refractivity contribution in [2.75, 3.05) is 0 Å². The van der Waals surface area contributed by atoms with E-state index in [1.165, 1.54) is 38.5 Å². The van der Waals surface area contributed by atoms with Gasteiger partial charge in [0.2, 0.25) is 0 Å². The Labute approximate surface area is 123 Å². The molecule has 0 aromatic carbocycles. The normalized spacial score (nSPS) is 13.6. The molecule has 1 fully saturated rings. The first kappa shape index (κ1) is 24.3. The second-order valence-electron chi connectivity index (χ2n) is 4.60. The van der Waals surface area contributed by atoms with Crippen molar-refractivity contribution < 1.29 is 34.8 Å². The van der Waals surface area contributed by atoms with Gasteiger partial charge in [-0.1, -0.05) is 38.5 Å². The van der Waals surface area contributed by atoms with E-state index in [9.17, 15) is 14.4 Å². The Hall–Kier alpha value is -1.71. The third-order valence-corrected chi connectivity index (χ3v) is 2.79. The molecule has 0 amide bonds. The zero-order valence-corrected chi connectivity index (χ0v) is 12.1. The van der Waals surface area contributed by atoms with Gasteiger partial charge in [0, 0.05) is 0 Å². The van der Waals surface area contributed by atoms with Gasteiger partial charge in [-0.2, -0.15) is 0 Å². The SMILES string of the molecule is C1CCCCC1.N.N.O=C(O)CC(O)(CC(=O)O)C(=O)O. The lowest BCUT2D eigenvalue weighted by atomic mass is 9.96. The maximum atomic E-state index is 10.3. The predicted molar refractivity (Wildman–Crippen MR) is 74.8 cm³/mol. The van der Waals surface area contributed by atoms with Crippen molar-refractivity contribution in [1.82, 2.24) is 12.3 Å². The number of carboxylic acids is 3. The van der Waals surface area contributed by atoms with Gasteiger partial charge in [0.15, 0.2) is 5.60 Å². The Kier molecular flexibility index (Phi) is 14.0. The van der Waals surface area contributed by atoms with Crippen LogP contribution in [0.15, 0.2) is 0 Å². The minimum absolute atomic E-state index is 0. The molecule has 0 spiro atoms. The largest absolute Gasteiger partial charge is 0.481 e. The van der Waals surface area contributed by atoms with E-state index in [-0.39, 0.29) is 12.3 Å². The Balaban J connectivity index is -0.000000342. The summed E-state index contributed by atoms with van der Waals surface area (Å²) in [7, 11) is 0. The van der Waals surface area contributed by atoms with Gasteiger partial charge in [0.05, 0.1) is 12.8 Å². The van der Waals surface area contributed by atoms with Crippen LogP contribution in [0.1, 0.15) is 51.4 Å². The minimum atomic E-state index is -2.74. The summed E-state index contributed by atoms with van der Waals surface area (Å²) in [5.74, 6) is -5.02. The fourth-order valence-electron chi connectivity index (χ4n) is 1.77. The van der Waals surface area contributed by atoms with Gasteiger partial charge < -0.3 is 32.7 Å². The van der Waals surface area contributed by atoms with E-state index in [4.69, 9.17) is 20.4 Å². The number of carbonyl (C=O) groups is 3.